The number of para-hydroxylation sites is 1. The first kappa shape index (κ1) is 24.3. The van der Waals surface area contributed by atoms with Crippen LogP contribution < -0.4 is 0 Å². The average Bonchev–Trinajstić information content (AvgIpc) is 3.49. The molecule has 0 N–H and O–H groups in total. The number of rotatable bonds is 2. The summed E-state index contributed by atoms with van der Waals surface area (Å²) in [5, 5.41) is 10.1. The van der Waals surface area contributed by atoms with E-state index in [9.17, 15) is 0 Å². The van der Waals surface area contributed by atoms with Gasteiger partial charge < -0.3 is 4.42 Å². The molecule has 0 amide bonds. The second-order valence-electron chi connectivity index (χ2n) is 11.6. The van der Waals surface area contributed by atoms with E-state index in [0.717, 1.165) is 87.9 Å². The minimum atomic E-state index is 0.880. The molecule has 0 aliphatic rings. The van der Waals surface area contributed by atoms with Gasteiger partial charge in [-0.15, -0.1) is 0 Å². The van der Waals surface area contributed by atoms with Gasteiger partial charge in [0.25, 0.3) is 0 Å². The van der Waals surface area contributed by atoms with Gasteiger partial charge in [0.2, 0.25) is 0 Å². The van der Waals surface area contributed by atoms with Crippen LogP contribution in [0, 0.1) is 0 Å². The molecular formula is C41H23N3O. The van der Waals surface area contributed by atoms with Gasteiger partial charge in [0.1, 0.15) is 11.2 Å². The lowest BCUT2D eigenvalue weighted by Gasteiger charge is -2.14. The van der Waals surface area contributed by atoms with Crippen molar-refractivity contribution in [2.45, 2.75) is 0 Å². The fourth-order valence-corrected chi connectivity index (χ4v) is 6.93. The molecule has 0 radical (unpaired) electrons. The van der Waals surface area contributed by atoms with Gasteiger partial charge in [-0.2, -0.15) is 0 Å². The SMILES string of the molecule is c1ccc2cc3c(-c4ccc5ccc6cccnc6c5n4)ccc(-c4ccc5c(ccc6oc7ccccc7c65)n4)c3cc2c1. The third kappa shape index (κ3) is 3.63. The van der Waals surface area contributed by atoms with Crippen molar-refractivity contribution < 1.29 is 4.42 Å². The Balaban J connectivity index is 1.22. The quantitative estimate of drug-likeness (QED) is 0.152. The molecule has 4 aromatic heterocycles. The average molecular weight is 574 g/mol. The largest absolute Gasteiger partial charge is 0.456 e. The summed E-state index contributed by atoms with van der Waals surface area (Å²) in [4.78, 5) is 15.1. The molecule has 10 rings (SSSR count). The van der Waals surface area contributed by atoms with E-state index in [-0.39, 0.29) is 0 Å². The molecule has 0 aliphatic heterocycles. The fraction of sp³-hybridized carbons (Fsp3) is 0. The molecule has 0 saturated carbocycles. The van der Waals surface area contributed by atoms with E-state index in [2.05, 4.69) is 114 Å². The van der Waals surface area contributed by atoms with Crippen molar-refractivity contribution in [3.05, 3.63) is 140 Å². The zero-order valence-corrected chi connectivity index (χ0v) is 24.0. The molecule has 4 heterocycles. The molecule has 6 aromatic carbocycles. The molecule has 0 aliphatic carbocycles. The Hall–Kier alpha value is -6.13. The highest BCUT2D eigenvalue weighted by Crippen LogP contribution is 2.40. The van der Waals surface area contributed by atoms with Crippen LogP contribution in [0.25, 0.3) is 98.7 Å². The maximum atomic E-state index is 6.14. The van der Waals surface area contributed by atoms with E-state index < -0.39 is 0 Å². The van der Waals surface area contributed by atoms with Crippen molar-refractivity contribution in [1.29, 1.82) is 0 Å². The Morgan fingerprint density at radius 3 is 1.91 bits per heavy atom. The van der Waals surface area contributed by atoms with Gasteiger partial charge >= 0.3 is 0 Å². The maximum absolute atomic E-state index is 6.14. The van der Waals surface area contributed by atoms with E-state index in [1.165, 1.54) is 10.8 Å². The number of furan rings is 1. The minimum Gasteiger partial charge on any atom is -0.456 e. The molecule has 4 nitrogen and oxygen atoms in total. The highest BCUT2D eigenvalue weighted by molar-refractivity contribution is 6.18. The first-order chi connectivity index (χ1) is 22.3. The first-order valence-corrected chi connectivity index (χ1v) is 15.1. The van der Waals surface area contributed by atoms with E-state index in [4.69, 9.17) is 14.4 Å². The van der Waals surface area contributed by atoms with Crippen LogP contribution in [-0.4, -0.2) is 15.0 Å². The van der Waals surface area contributed by atoms with Crippen LogP contribution in [0.3, 0.4) is 0 Å². The Kier molecular flexibility index (Phi) is 4.96. The van der Waals surface area contributed by atoms with Crippen LogP contribution in [0.2, 0.25) is 0 Å². The van der Waals surface area contributed by atoms with Gasteiger partial charge in [0.15, 0.2) is 0 Å². The van der Waals surface area contributed by atoms with Gasteiger partial charge in [-0.05, 0) is 76.1 Å². The molecule has 0 saturated heterocycles. The molecule has 0 fully saturated rings. The van der Waals surface area contributed by atoms with E-state index in [1.54, 1.807) is 0 Å². The summed E-state index contributed by atoms with van der Waals surface area (Å²) in [5.41, 5.74) is 8.58. The molecule has 10 aromatic rings. The van der Waals surface area contributed by atoms with Gasteiger partial charge in [-0.1, -0.05) is 78.9 Å². The lowest BCUT2D eigenvalue weighted by Crippen LogP contribution is -1.92. The fourth-order valence-electron chi connectivity index (χ4n) is 6.93. The summed E-state index contributed by atoms with van der Waals surface area (Å²) in [5.74, 6) is 0. The molecule has 45 heavy (non-hydrogen) atoms. The Morgan fingerprint density at radius 1 is 0.422 bits per heavy atom. The van der Waals surface area contributed by atoms with Crippen molar-refractivity contribution in [3.63, 3.8) is 0 Å². The van der Waals surface area contributed by atoms with Crippen LogP contribution in [0.5, 0.6) is 0 Å². The second-order valence-corrected chi connectivity index (χ2v) is 11.6. The normalized spacial score (nSPS) is 12.0. The number of hydrogen-bond acceptors (Lipinski definition) is 4. The lowest BCUT2D eigenvalue weighted by molar-refractivity contribution is 0.669. The monoisotopic (exact) mass is 573 g/mol. The standard InChI is InChI=1S/C41H23N3O/c1-2-7-27-23-33-29(35-17-13-25-12-11-24-8-5-21-42-40(24)41(25)44-35)15-14-28(32(33)22-26(27)6-1)34-18-16-30-36(43-34)19-20-38-39(30)31-9-3-4-10-37(31)45-38/h1-23H. The van der Waals surface area contributed by atoms with Crippen LogP contribution in [0.15, 0.2) is 144 Å². The predicted octanol–water partition coefficient (Wildman–Crippen LogP) is 10.9. The van der Waals surface area contributed by atoms with Crippen LogP contribution in [-0.2, 0) is 0 Å². The smallest absolute Gasteiger partial charge is 0.136 e. The number of aromatic nitrogens is 3. The minimum absolute atomic E-state index is 0.880. The van der Waals surface area contributed by atoms with Crippen LogP contribution in [0.4, 0.5) is 0 Å². The Bertz CT molecular complexity index is 2830. The summed E-state index contributed by atoms with van der Waals surface area (Å²) in [6.45, 7) is 0. The summed E-state index contributed by atoms with van der Waals surface area (Å²) in [6.07, 6.45) is 1.84. The van der Waals surface area contributed by atoms with E-state index in [1.807, 2.05) is 30.5 Å². The van der Waals surface area contributed by atoms with Crippen molar-refractivity contribution >= 4 is 76.2 Å². The first-order valence-electron chi connectivity index (χ1n) is 15.1. The maximum Gasteiger partial charge on any atom is 0.136 e. The topological polar surface area (TPSA) is 51.8 Å². The zero-order chi connectivity index (χ0) is 29.5. The van der Waals surface area contributed by atoms with Gasteiger partial charge in [-0.25, -0.2) is 9.97 Å². The lowest BCUT2D eigenvalue weighted by atomic mass is 9.92. The second kappa shape index (κ2) is 9.18. The number of fused-ring (bicyclic) bond motifs is 10. The van der Waals surface area contributed by atoms with Crippen molar-refractivity contribution in [2.24, 2.45) is 0 Å². The van der Waals surface area contributed by atoms with E-state index in [0.29, 0.717) is 0 Å². The van der Waals surface area contributed by atoms with Crippen LogP contribution >= 0.6 is 0 Å². The molecule has 4 heteroatoms. The van der Waals surface area contributed by atoms with Gasteiger partial charge in [-0.3, -0.25) is 4.98 Å². The summed E-state index contributed by atoms with van der Waals surface area (Å²) in [7, 11) is 0. The molecule has 0 spiro atoms. The van der Waals surface area contributed by atoms with E-state index >= 15 is 0 Å². The number of hydrogen-bond donors (Lipinski definition) is 0. The van der Waals surface area contributed by atoms with Gasteiger partial charge in [0, 0.05) is 44.3 Å². The van der Waals surface area contributed by atoms with Gasteiger partial charge in [0.05, 0.1) is 27.9 Å². The van der Waals surface area contributed by atoms with Crippen molar-refractivity contribution in [2.75, 3.05) is 0 Å². The highest BCUT2D eigenvalue weighted by Gasteiger charge is 2.16. The molecule has 0 unspecified atom stereocenters. The molecular weight excluding hydrogens is 550 g/mol. The highest BCUT2D eigenvalue weighted by atomic mass is 16.3. The van der Waals surface area contributed by atoms with Crippen LogP contribution in [0.1, 0.15) is 0 Å². The zero-order valence-electron chi connectivity index (χ0n) is 24.0. The Labute approximate surface area is 257 Å². The summed E-state index contributed by atoms with van der Waals surface area (Å²) >= 11 is 0. The third-order valence-corrected chi connectivity index (χ3v) is 9.08. The predicted molar refractivity (Wildman–Crippen MR) is 186 cm³/mol. The Morgan fingerprint density at radius 2 is 1.09 bits per heavy atom. The molecule has 0 bridgehead atoms. The van der Waals surface area contributed by atoms with Crippen molar-refractivity contribution in [3.8, 4) is 22.5 Å². The number of pyridine rings is 3. The number of nitrogens with zero attached hydrogens (tertiary/aromatic N) is 3. The molecule has 208 valence electrons. The number of benzene rings is 6. The summed E-state index contributed by atoms with van der Waals surface area (Å²) < 4.78 is 6.14. The van der Waals surface area contributed by atoms with Crippen molar-refractivity contribution in [1.82, 2.24) is 15.0 Å². The summed E-state index contributed by atoms with van der Waals surface area (Å²) in [6, 6.07) is 46.7. The third-order valence-electron chi connectivity index (χ3n) is 9.08. The molecule has 0 atom stereocenters.